The fourth-order valence-electron chi connectivity index (χ4n) is 1.92. The third-order valence-electron chi connectivity index (χ3n) is 2.62. The summed E-state index contributed by atoms with van der Waals surface area (Å²) in [5.74, 6) is 1.86. The van der Waals surface area contributed by atoms with Crippen molar-refractivity contribution in [2.24, 2.45) is 0 Å². The van der Waals surface area contributed by atoms with Gasteiger partial charge in [-0.25, -0.2) is 15.0 Å². The molecule has 0 aromatic carbocycles. The molecule has 0 radical (unpaired) electrons. The Morgan fingerprint density at radius 1 is 1.33 bits per heavy atom. The second-order valence-corrected chi connectivity index (χ2v) is 5.93. The Labute approximate surface area is 115 Å². The van der Waals surface area contributed by atoms with Crippen LogP contribution in [0.3, 0.4) is 0 Å². The van der Waals surface area contributed by atoms with E-state index in [2.05, 4.69) is 34.1 Å². The summed E-state index contributed by atoms with van der Waals surface area (Å²) in [4.78, 5) is 13.3. The summed E-state index contributed by atoms with van der Waals surface area (Å²) in [5.41, 5.74) is 2.12. The molecule has 96 valence electrons. The molecule has 0 spiro atoms. The highest BCUT2D eigenvalue weighted by atomic mass is 35.5. The van der Waals surface area contributed by atoms with E-state index in [0.29, 0.717) is 16.1 Å². The third kappa shape index (κ3) is 2.47. The number of nitrogens with zero attached hydrogens (tertiary/aromatic N) is 3. The Morgan fingerprint density at radius 3 is 2.56 bits per heavy atom. The molecule has 0 saturated carbocycles. The summed E-state index contributed by atoms with van der Waals surface area (Å²) in [6, 6.07) is 0. The van der Waals surface area contributed by atoms with Gasteiger partial charge >= 0.3 is 0 Å². The fraction of sp³-hybridized carbons (Fsp3) is 0.417. The summed E-state index contributed by atoms with van der Waals surface area (Å²) in [6.07, 6.45) is 1.62. The smallest absolute Gasteiger partial charge is 0.190 e. The van der Waals surface area contributed by atoms with Gasteiger partial charge in [0.1, 0.15) is 10.2 Å². The fourth-order valence-corrected chi connectivity index (χ4v) is 2.76. The lowest BCUT2D eigenvalue weighted by Gasteiger charge is -2.14. The van der Waals surface area contributed by atoms with Crippen LogP contribution in [-0.4, -0.2) is 22.0 Å². The van der Waals surface area contributed by atoms with Crippen LogP contribution in [0.15, 0.2) is 6.20 Å². The minimum absolute atomic E-state index is 0.376. The molecule has 6 heteroatoms. The molecule has 0 fully saturated rings. The van der Waals surface area contributed by atoms with E-state index in [1.165, 1.54) is 11.3 Å². The summed E-state index contributed by atoms with van der Waals surface area (Å²) >= 11 is 7.27. The normalized spacial score (nSPS) is 11.0. The second kappa shape index (κ2) is 5.20. The van der Waals surface area contributed by atoms with E-state index in [1.54, 1.807) is 6.20 Å². The van der Waals surface area contributed by atoms with Crippen molar-refractivity contribution in [3.8, 4) is 10.8 Å². The topological polar surface area (TPSA) is 50.7 Å². The first-order valence-electron chi connectivity index (χ1n) is 5.71. The first kappa shape index (κ1) is 13.2. The van der Waals surface area contributed by atoms with E-state index in [0.717, 1.165) is 22.1 Å². The van der Waals surface area contributed by atoms with Crippen LogP contribution in [0, 0.1) is 6.92 Å². The number of anilines is 1. The maximum Gasteiger partial charge on any atom is 0.190 e. The van der Waals surface area contributed by atoms with Gasteiger partial charge in [-0.05, 0) is 12.8 Å². The number of hydrogen-bond donors (Lipinski definition) is 1. The SMILES string of the molecule is CNc1nc(-c2ncc(Cl)s2)nc(C)c1C(C)C. The minimum atomic E-state index is 0.376. The predicted octanol–water partition coefficient (Wildman–Crippen LogP) is 3.73. The molecule has 0 aliphatic heterocycles. The van der Waals surface area contributed by atoms with E-state index >= 15 is 0 Å². The molecule has 0 saturated heterocycles. The monoisotopic (exact) mass is 282 g/mol. The first-order chi connectivity index (χ1) is 8.52. The van der Waals surface area contributed by atoms with Crippen LogP contribution in [0.1, 0.15) is 31.0 Å². The zero-order valence-electron chi connectivity index (χ0n) is 10.8. The molecule has 0 atom stereocenters. The van der Waals surface area contributed by atoms with E-state index < -0.39 is 0 Å². The number of aromatic nitrogens is 3. The van der Waals surface area contributed by atoms with Crippen molar-refractivity contribution in [3.63, 3.8) is 0 Å². The lowest BCUT2D eigenvalue weighted by Crippen LogP contribution is -2.06. The molecule has 2 rings (SSSR count). The van der Waals surface area contributed by atoms with E-state index in [9.17, 15) is 0 Å². The Bertz CT molecular complexity index is 565. The predicted molar refractivity (Wildman–Crippen MR) is 76.5 cm³/mol. The molecule has 0 aliphatic rings. The highest BCUT2D eigenvalue weighted by Gasteiger charge is 2.16. The minimum Gasteiger partial charge on any atom is -0.373 e. The number of aryl methyl sites for hydroxylation is 1. The van der Waals surface area contributed by atoms with Crippen LogP contribution in [0.4, 0.5) is 5.82 Å². The molecule has 0 aliphatic carbocycles. The zero-order valence-corrected chi connectivity index (χ0v) is 12.4. The lowest BCUT2D eigenvalue weighted by atomic mass is 10.0. The van der Waals surface area contributed by atoms with Gasteiger partial charge in [-0.1, -0.05) is 36.8 Å². The van der Waals surface area contributed by atoms with E-state index in [4.69, 9.17) is 11.6 Å². The van der Waals surface area contributed by atoms with Gasteiger partial charge in [0.25, 0.3) is 0 Å². The van der Waals surface area contributed by atoms with Crippen LogP contribution >= 0.6 is 22.9 Å². The van der Waals surface area contributed by atoms with Gasteiger partial charge < -0.3 is 5.32 Å². The largest absolute Gasteiger partial charge is 0.373 e. The third-order valence-corrected chi connectivity index (χ3v) is 3.73. The van der Waals surface area contributed by atoms with Crippen molar-refractivity contribution in [2.75, 3.05) is 12.4 Å². The maximum absolute atomic E-state index is 5.89. The molecular formula is C12H15ClN4S. The van der Waals surface area contributed by atoms with Crippen molar-refractivity contribution in [2.45, 2.75) is 26.7 Å². The average Bonchev–Trinajstić information content (AvgIpc) is 2.74. The molecule has 1 N–H and O–H groups in total. The molecule has 0 bridgehead atoms. The van der Waals surface area contributed by atoms with Gasteiger partial charge in [-0.2, -0.15) is 0 Å². The molecule has 2 aromatic rings. The maximum atomic E-state index is 5.89. The van der Waals surface area contributed by atoms with Gasteiger partial charge in [0, 0.05) is 18.3 Å². The van der Waals surface area contributed by atoms with Gasteiger partial charge in [0.2, 0.25) is 0 Å². The highest BCUT2D eigenvalue weighted by Crippen LogP contribution is 2.30. The number of rotatable bonds is 3. The second-order valence-electron chi connectivity index (χ2n) is 4.27. The summed E-state index contributed by atoms with van der Waals surface area (Å²) in [7, 11) is 1.87. The van der Waals surface area contributed by atoms with Crippen molar-refractivity contribution in [3.05, 3.63) is 21.8 Å². The van der Waals surface area contributed by atoms with Crippen molar-refractivity contribution >= 4 is 28.8 Å². The molecule has 2 aromatic heterocycles. The van der Waals surface area contributed by atoms with Crippen LogP contribution < -0.4 is 5.32 Å². The zero-order chi connectivity index (χ0) is 13.3. The first-order valence-corrected chi connectivity index (χ1v) is 6.90. The van der Waals surface area contributed by atoms with Gasteiger partial charge in [0.15, 0.2) is 10.8 Å². The Balaban J connectivity index is 2.55. The summed E-state index contributed by atoms with van der Waals surface area (Å²) in [5, 5.41) is 3.87. The summed E-state index contributed by atoms with van der Waals surface area (Å²) < 4.78 is 0.644. The van der Waals surface area contributed by atoms with E-state index in [1.807, 2.05) is 14.0 Å². The Morgan fingerprint density at radius 2 is 2.06 bits per heavy atom. The van der Waals surface area contributed by atoms with Crippen molar-refractivity contribution < 1.29 is 0 Å². The quantitative estimate of drug-likeness (QED) is 0.932. The Hall–Kier alpha value is -1.20. The number of halogens is 1. The van der Waals surface area contributed by atoms with Gasteiger partial charge in [0.05, 0.1) is 6.20 Å². The average molecular weight is 283 g/mol. The van der Waals surface area contributed by atoms with Crippen molar-refractivity contribution in [1.29, 1.82) is 0 Å². The number of hydrogen-bond acceptors (Lipinski definition) is 5. The van der Waals surface area contributed by atoms with E-state index in [-0.39, 0.29) is 0 Å². The molecule has 4 nitrogen and oxygen atoms in total. The van der Waals surface area contributed by atoms with Crippen molar-refractivity contribution in [1.82, 2.24) is 15.0 Å². The lowest BCUT2D eigenvalue weighted by molar-refractivity contribution is 0.833. The van der Waals surface area contributed by atoms with Crippen LogP contribution in [0.5, 0.6) is 0 Å². The van der Waals surface area contributed by atoms with Crippen LogP contribution in [0.25, 0.3) is 10.8 Å². The standard InChI is InChI=1S/C12H15ClN4S/c1-6(2)9-7(3)16-11(17-10(9)14-4)12-15-5-8(13)18-12/h5-6H,1-4H3,(H,14,16,17). The molecule has 0 unspecified atom stereocenters. The highest BCUT2D eigenvalue weighted by molar-refractivity contribution is 7.18. The van der Waals surface area contributed by atoms with Crippen LogP contribution in [0.2, 0.25) is 4.34 Å². The van der Waals surface area contributed by atoms with Gasteiger partial charge in [-0.3, -0.25) is 0 Å². The number of nitrogens with one attached hydrogen (secondary N) is 1. The van der Waals surface area contributed by atoms with Gasteiger partial charge in [-0.15, -0.1) is 0 Å². The molecular weight excluding hydrogens is 268 g/mol. The summed E-state index contributed by atoms with van der Waals surface area (Å²) in [6.45, 7) is 6.26. The van der Waals surface area contributed by atoms with Crippen LogP contribution in [-0.2, 0) is 0 Å². The number of thiazole rings is 1. The molecule has 0 amide bonds. The molecule has 2 heterocycles. The molecule has 18 heavy (non-hydrogen) atoms. The Kier molecular flexibility index (Phi) is 3.82.